The largest absolute Gasteiger partial charge is 0.304 e. The van der Waals surface area contributed by atoms with Crippen LogP contribution in [0, 0.1) is 6.92 Å². The summed E-state index contributed by atoms with van der Waals surface area (Å²) in [4.78, 5) is 0. The fraction of sp³-hybridized carbons (Fsp3) is 0.750. The van der Waals surface area contributed by atoms with E-state index in [1.807, 2.05) is 18.7 Å². The third-order valence-corrected chi connectivity index (χ3v) is 5.04. The maximum Gasteiger partial charge on any atom is 0.0739 e. The molecule has 17 heavy (non-hydrogen) atoms. The summed E-state index contributed by atoms with van der Waals surface area (Å²) >= 11 is 9.66. The lowest BCUT2D eigenvalue weighted by molar-refractivity contribution is 0.330. The first-order chi connectivity index (χ1) is 7.99. The zero-order valence-corrected chi connectivity index (χ0v) is 13.3. The van der Waals surface area contributed by atoms with Crippen LogP contribution in [0.15, 0.2) is 4.47 Å². The summed E-state index contributed by atoms with van der Waals surface area (Å²) in [5, 5.41) is 7.96. The van der Waals surface area contributed by atoms with Crippen LogP contribution in [0.4, 0.5) is 0 Å². The molecule has 1 aromatic rings. The Bertz CT molecular complexity index is 364. The van der Waals surface area contributed by atoms with Crippen molar-refractivity contribution in [3.05, 3.63) is 15.9 Å². The van der Waals surface area contributed by atoms with E-state index < -0.39 is 0 Å². The average molecular weight is 323 g/mol. The van der Waals surface area contributed by atoms with Crippen molar-refractivity contribution < 1.29 is 0 Å². The molecule has 0 amide bonds. The summed E-state index contributed by atoms with van der Waals surface area (Å²) in [5.74, 6) is 0.633. The maximum atomic E-state index is 6.08. The second kappa shape index (κ2) is 6.21. The molecule has 0 saturated carbocycles. The van der Waals surface area contributed by atoms with Crippen LogP contribution in [0.25, 0.3) is 0 Å². The van der Waals surface area contributed by atoms with E-state index in [4.69, 9.17) is 11.6 Å². The molecular weight excluding hydrogens is 302 g/mol. The third kappa shape index (κ3) is 3.24. The van der Waals surface area contributed by atoms with E-state index in [0.29, 0.717) is 5.88 Å². The Labute approximate surface area is 117 Å². The van der Waals surface area contributed by atoms with Gasteiger partial charge in [0, 0.05) is 25.0 Å². The van der Waals surface area contributed by atoms with Gasteiger partial charge in [0.25, 0.3) is 0 Å². The molecule has 0 aliphatic carbocycles. The van der Waals surface area contributed by atoms with Crippen molar-refractivity contribution in [2.45, 2.75) is 45.7 Å². The predicted octanol–water partition coefficient (Wildman–Crippen LogP) is 3.38. The fourth-order valence-electron chi connectivity index (χ4n) is 1.88. The Morgan fingerprint density at radius 3 is 2.35 bits per heavy atom. The van der Waals surface area contributed by atoms with Gasteiger partial charge >= 0.3 is 0 Å². The smallest absolute Gasteiger partial charge is 0.0739 e. The Balaban J connectivity index is 2.79. The normalized spacial score (nSPS) is 12.1. The summed E-state index contributed by atoms with van der Waals surface area (Å²) in [6.45, 7) is 7.12. The van der Waals surface area contributed by atoms with Crippen molar-refractivity contribution in [1.29, 1.82) is 0 Å². The first-order valence-electron chi connectivity index (χ1n) is 5.98. The van der Waals surface area contributed by atoms with E-state index in [0.717, 1.165) is 29.6 Å². The molecule has 0 radical (unpaired) electrons. The van der Waals surface area contributed by atoms with Crippen LogP contribution in [0.5, 0.6) is 0 Å². The van der Waals surface area contributed by atoms with Crippen LogP contribution in [0.1, 0.15) is 38.1 Å². The lowest BCUT2D eigenvalue weighted by Gasteiger charge is -2.30. The number of halogens is 2. The van der Waals surface area contributed by atoms with Crippen molar-refractivity contribution in [1.82, 2.24) is 15.1 Å². The number of rotatable bonds is 6. The molecule has 0 aliphatic heterocycles. The molecule has 0 saturated heterocycles. The Morgan fingerprint density at radius 2 is 2.00 bits per heavy atom. The van der Waals surface area contributed by atoms with Gasteiger partial charge in [-0.15, -0.1) is 11.6 Å². The van der Waals surface area contributed by atoms with Crippen molar-refractivity contribution in [3.63, 3.8) is 0 Å². The van der Waals surface area contributed by atoms with Gasteiger partial charge in [-0.1, -0.05) is 13.8 Å². The summed E-state index contributed by atoms with van der Waals surface area (Å²) in [7, 11) is 1.97. The van der Waals surface area contributed by atoms with E-state index in [1.165, 1.54) is 5.69 Å². The predicted molar refractivity (Wildman–Crippen MR) is 76.5 cm³/mol. The zero-order chi connectivity index (χ0) is 13.1. The molecule has 1 aromatic heterocycles. The van der Waals surface area contributed by atoms with Crippen LogP contribution < -0.4 is 5.32 Å². The van der Waals surface area contributed by atoms with Crippen LogP contribution in [-0.4, -0.2) is 21.2 Å². The first-order valence-corrected chi connectivity index (χ1v) is 7.31. The molecule has 3 nitrogen and oxygen atoms in total. The number of nitrogens with zero attached hydrogens (tertiary/aromatic N) is 2. The van der Waals surface area contributed by atoms with E-state index in [9.17, 15) is 0 Å². The molecule has 0 bridgehead atoms. The van der Waals surface area contributed by atoms with Crippen LogP contribution >= 0.6 is 27.5 Å². The Kier molecular flexibility index (Phi) is 5.48. The molecular formula is C12H21BrClN3. The Hall–Kier alpha value is -0.0600. The molecule has 1 N–H and O–H groups in total. The van der Waals surface area contributed by atoms with Gasteiger partial charge < -0.3 is 5.32 Å². The van der Waals surface area contributed by atoms with Gasteiger partial charge in [-0.05, 0) is 35.7 Å². The summed E-state index contributed by atoms with van der Waals surface area (Å²) < 4.78 is 3.00. The zero-order valence-electron chi connectivity index (χ0n) is 11.0. The maximum absolute atomic E-state index is 6.08. The highest BCUT2D eigenvalue weighted by molar-refractivity contribution is 9.10. The van der Waals surface area contributed by atoms with E-state index >= 15 is 0 Å². The van der Waals surface area contributed by atoms with Crippen molar-refractivity contribution in [2.75, 3.05) is 5.88 Å². The quantitative estimate of drug-likeness (QED) is 0.814. The first kappa shape index (κ1) is 15.0. The number of nitrogens with one attached hydrogen (secondary N) is 1. The molecule has 0 atom stereocenters. The van der Waals surface area contributed by atoms with Gasteiger partial charge in [-0.2, -0.15) is 5.10 Å². The number of aromatic nitrogens is 2. The molecule has 0 aromatic carbocycles. The van der Waals surface area contributed by atoms with Gasteiger partial charge in [-0.3, -0.25) is 4.68 Å². The van der Waals surface area contributed by atoms with Crippen LogP contribution in [0.2, 0.25) is 0 Å². The van der Waals surface area contributed by atoms with Crippen molar-refractivity contribution in [3.8, 4) is 0 Å². The number of aryl methyl sites for hydroxylation is 2. The molecule has 98 valence electrons. The van der Waals surface area contributed by atoms with Gasteiger partial charge in [0.15, 0.2) is 0 Å². The second-order valence-electron chi connectivity index (χ2n) is 4.44. The molecule has 0 spiro atoms. The number of hydrogen-bond donors (Lipinski definition) is 1. The molecule has 0 unspecified atom stereocenters. The summed E-state index contributed by atoms with van der Waals surface area (Å²) in [5.41, 5.74) is 2.21. The molecule has 1 heterocycles. The Morgan fingerprint density at radius 1 is 1.41 bits per heavy atom. The number of hydrogen-bond acceptors (Lipinski definition) is 2. The minimum Gasteiger partial charge on any atom is -0.304 e. The van der Waals surface area contributed by atoms with E-state index in [-0.39, 0.29) is 5.54 Å². The van der Waals surface area contributed by atoms with E-state index in [2.05, 4.69) is 40.2 Å². The second-order valence-corrected chi connectivity index (χ2v) is 5.50. The van der Waals surface area contributed by atoms with Gasteiger partial charge in [0.1, 0.15) is 0 Å². The lowest BCUT2D eigenvalue weighted by atomic mass is 9.95. The SMILES string of the molecule is CCC(CC)(CCl)NCc1c(Br)c(C)nn1C. The molecule has 0 aliphatic rings. The minimum absolute atomic E-state index is 0.0270. The highest BCUT2D eigenvalue weighted by Gasteiger charge is 2.25. The summed E-state index contributed by atoms with van der Waals surface area (Å²) in [6, 6.07) is 0. The average Bonchev–Trinajstić information content (AvgIpc) is 2.57. The van der Waals surface area contributed by atoms with Gasteiger partial charge in [-0.25, -0.2) is 0 Å². The van der Waals surface area contributed by atoms with Gasteiger partial charge in [0.2, 0.25) is 0 Å². The fourth-order valence-corrected chi connectivity index (χ4v) is 2.83. The topological polar surface area (TPSA) is 29.9 Å². The van der Waals surface area contributed by atoms with Crippen LogP contribution in [-0.2, 0) is 13.6 Å². The standard InChI is InChI=1S/C12H21BrClN3/c1-5-12(6-2,8-14)15-7-10-11(13)9(3)16-17(10)4/h15H,5-8H2,1-4H3. The van der Waals surface area contributed by atoms with Crippen LogP contribution in [0.3, 0.4) is 0 Å². The third-order valence-electron chi connectivity index (χ3n) is 3.50. The van der Waals surface area contributed by atoms with E-state index in [1.54, 1.807) is 0 Å². The highest BCUT2D eigenvalue weighted by atomic mass is 79.9. The highest BCUT2D eigenvalue weighted by Crippen LogP contribution is 2.22. The monoisotopic (exact) mass is 321 g/mol. The lowest BCUT2D eigenvalue weighted by Crippen LogP contribution is -2.45. The molecule has 5 heteroatoms. The molecule has 0 fully saturated rings. The minimum atomic E-state index is 0.0270. The molecule has 1 rings (SSSR count). The number of alkyl halides is 1. The van der Waals surface area contributed by atoms with Gasteiger partial charge in [0.05, 0.1) is 15.9 Å². The van der Waals surface area contributed by atoms with Crippen molar-refractivity contribution in [2.24, 2.45) is 7.05 Å². The van der Waals surface area contributed by atoms with Crippen molar-refractivity contribution >= 4 is 27.5 Å². The summed E-state index contributed by atoms with van der Waals surface area (Å²) in [6.07, 6.45) is 2.06.